The summed E-state index contributed by atoms with van der Waals surface area (Å²) in [4.78, 5) is 67.8. The molecule has 0 saturated heterocycles. The molecule has 0 spiro atoms. The number of benzene rings is 3. The van der Waals surface area contributed by atoms with Gasteiger partial charge in [0.1, 0.15) is 64.7 Å². The Morgan fingerprint density at radius 3 is 1.07 bits per heavy atom. The van der Waals surface area contributed by atoms with E-state index in [4.69, 9.17) is 29.2 Å². The van der Waals surface area contributed by atoms with Gasteiger partial charge in [-0.15, -0.1) is 11.8 Å². The Labute approximate surface area is 693 Å². The Morgan fingerprint density at radius 1 is 0.430 bits per heavy atom. The van der Waals surface area contributed by atoms with Crippen LogP contribution in [0.3, 0.4) is 0 Å². The molecule has 634 valence electrons. The van der Waals surface area contributed by atoms with Crippen LogP contribution >= 0.6 is 11.8 Å². The average Bonchev–Trinajstić information content (AvgIpc) is 1.74. The van der Waals surface area contributed by atoms with Crippen LogP contribution in [0.2, 0.25) is 0 Å². The van der Waals surface area contributed by atoms with Crippen molar-refractivity contribution in [3.63, 3.8) is 0 Å². The molecule has 3 aromatic carbocycles. The zero-order valence-electron chi connectivity index (χ0n) is 61.9. The highest BCUT2D eigenvalue weighted by atomic mass is 32.2. The molecule has 12 heterocycles. The fraction of sp³-hybridized carbons (Fsp3) is 0.333. The van der Waals surface area contributed by atoms with E-state index in [-0.39, 0.29) is 54.6 Å². The lowest BCUT2D eigenvalue weighted by Crippen LogP contribution is -2.09. The average molecular weight is 1710 g/mol. The van der Waals surface area contributed by atoms with Crippen LogP contribution in [-0.4, -0.2) is 160 Å². The predicted octanol–water partition coefficient (Wildman–Crippen LogP) is 17.3. The summed E-state index contributed by atoms with van der Waals surface area (Å²) in [5, 5.41) is 15.7. The van der Waals surface area contributed by atoms with E-state index >= 15 is 0 Å². The summed E-state index contributed by atoms with van der Waals surface area (Å²) in [6.07, 6.45) is 12.5. The monoisotopic (exact) mass is 1710 g/mol. The molecule has 0 atom stereocenters. The summed E-state index contributed by atoms with van der Waals surface area (Å²) >= 11 is 1.42. The van der Waals surface area contributed by atoms with Crippen LogP contribution in [0, 0.1) is 0 Å². The van der Waals surface area contributed by atoms with Crippen LogP contribution in [0.5, 0.6) is 17.6 Å². The fourth-order valence-electron chi connectivity index (χ4n) is 13.1. The van der Waals surface area contributed by atoms with Gasteiger partial charge >= 0.3 is 18.5 Å². The van der Waals surface area contributed by atoms with E-state index in [2.05, 4.69) is 80.1 Å². The van der Waals surface area contributed by atoms with Crippen molar-refractivity contribution in [3.05, 3.63) is 198 Å². The lowest BCUT2D eigenvalue weighted by molar-refractivity contribution is -0.141. The van der Waals surface area contributed by atoms with Crippen LogP contribution in [0.15, 0.2) is 148 Å². The van der Waals surface area contributed by atoms with Crippen LogP contribution in [0.1, 0.15) is 144 Å². The Hall–Kier alpha value is -12.8. The molecule has 3 aliphatic rings. The molecule has 0 radical (unpaired) electrons. The molecule has 1 N–H and O–H groups in total. The lowest BCUT2D eigenvalue weighted by atomic mass is 10.1. The SMILES string of the molecule is C.C.C.C.C.COc1ncnc(C2CC2)c1-c1ncc2cnn(Cc3ccc(-c4nc(C(F)(F)F)cn4CS(C)(=O)=O)cc3)c2n1.COc1ncnc(C2CC2)c1-c1ncc2cnn(Cc3ccc(-c4nc(C(F)(F)F)cn4CSC)cc3)c2n1.COc1ncnc(C2CC2)c1-c1ncc2cnn(Cc3ccc(-c4ncc(C(F)(F)F)[nH]4)cc3)c2n1. The first-order valence-electron chi connectivity index (χ1n) is 35.8. The molecule has 18 rings (SSSR count). The van der Waals surface area contributed by atoms with Gasteiger partial charge in [-0.3, -0.25) is 0 Å². The number of alkyl halides is 9. The number of aromatic amines is 1. The third-order valence-corrected chi connectivity index (χ3v) is 20.4. The smallest absolute Gasteiger partial charge is 0.434 e. The molecule has 3 saturated carbocycles. The summed E-state index contributed by atoms with van der Waals surface area (Å²) in [5.74, 6) is 3.69. The Kier molecular flexibility index (Phi) is 26.5. The van der Waals surface area contributed by atoms with Crippen molar-refractivity contribution in [2.45, 2.75) is 143 Å². The Bertz CT molecular complexity index is 6260. The maximum absolute atomic E-state index is 13.3. The second-order valence-corrected chi connectivity index (χ2v) is 30.6. The minimum absolute atomic E-state index is 0. The van der Waals surface area contributed by atoms with Crippen molar-refractivity contribution in [2.24, 2.45) is 0 Å². The quantitative estimate of drug-likeness (QED) is 0.0616. The van der Waals surface area contributed by atoms with Gasteiger partial charge < -0.3 is 28.3 Å². The van der Waals surface area contributed by atoms with Crippen LogP contribution in [0.25, 0.3) is 101 Å². The molecule has 0 bridgehead atoms. The van der Waals surface area contributed by atoms with Gasteiger partial charge in [0, 0.05) is 71.7 Å². The van der Waals surface area contributed by atoms with E-state index in [1.54, 1.807) is 114 Å². The van der Waals surface area contributed by atoms with Crippen LogP contribution in [-0.2, 0) is 59.8 Å². The summed E-state index contributed by atoms with van der Waals surface area (Å²) in [7, 11) is 1.03. The molecule has 0 amide bonds. The van der Waals surface area contributed by atoms with Crippen molar-refractivity contribution in [1.82, 2.24) is 118 Å². The third-order valence-electron chi connectivity index (χ3n) is 19.1. The number of hydrogen-bond donors (Lipinski definition) is 1. The van der Waals surface area contributed by atoms with E-state index in [1.807, 2.05) is 30.5 Å². The van der Waals surface area contributed by atoms with E-state index in [1.165, 1.54) is 42.4 Å². The third kappa shape index (κ3) is 19.4. The molecule has 0 aliphatic heterocycles. The molecule has 29 nitrogen and oxygen atoms in total. The first-order valence-corrected chi connectivity index (χ1v) is 39.3. The van der Waals surface area contributed by atoms with Crippen molar-refractivity contribution in [2.75, 3.05) is 33.8 Å². The second kappa shape index (κ2) is 36.1. The molecular weight excluding hydrogens is 1620 g/mol. The normalized spacial score (nSPS) is 13.3. The predicted molar refractivity (Wildman–Crippen MR) is 438 cm³/mol. The number of nitrogens with zero attached hydrogens (tertiary/aromatic N) is 23. The number of thioether (sulfide) groups is 1. The number of fused-ring (bicyclic) bond motifs is 3. The highest BCUT2D eigenvalue weighted by molar-refractivity contribution is 7.97. The van der Waals surface area contributed by atoms with Gasteiger partial charge in [0.05, 0.1) is 105 Å². The minimum Gasteiger partial charge on any atom is -0.480 e. The van der Waals surface area contributed by atoms with E-state index in [0.717, 1.165) is 112 Å². The summed E-state index contributed by atoms with van der Waals surface area (Å²) in [5.41, 5.74) is 7.63. The lowest BCUT2D eigenvalue weighted by Gasteiger charge is -2.11. The molecule has 40 heteroatoms. The highest BCUT2D eigenvalue weighted by Crippen LogP contribution is 2.48. The van der Waals surface area contributed by atoms with Gasteiger partial charge in [-0.2, -0.15) is 54.8 Å². The highest BCUT2D eigenvalue weighted by Gasteiger charge is 2.39. The number of nitrogens with one attached hydrogen (secondary N) is 1. The van der Waals surface area contributed by atoms with Crippen LogP contribution in [0.4, 0.5) is 39.5 Å². The maximum Gasteiger partial charge on any atom is 0.434 e. The number of H-pyrrole nitrogens is 1. The van der Waals surface area contributed by atoms with Gasteiger partial charge in [0.15, 0.2) is 55.6 Å². The largest absolute Gasteiger partial charge is 0.480 e. The topological polar surface area (TPSA) is 334 Å². The number of methoxy groups -OCH3 is 3. The molecule has 3 aliphatic carbocycles. The molecule has 12 aromatic heterocycles. The number of rotatable bonds is 22. The van der Waals surface area contributed by atoms with E-state index in [9.17, 15) is 47.9 Å². The van der Waals surface area contributed by atoms with Gasteiger partial charge in [-0.25, -0.2) is 97.2 Å². The molecule has 15 aromatic rings. The zero-order chi connectivity index (χ0) is 81.0. The zero-order valence-corrected chi connectivity index (χ0v) is 63.5. The van der Waals surface area contributed by atoms with Crippen molar-refractivity contribution in [3.8, 4) is 86.0 Å². The molecule has 121 heavy (non-hydrogen) atoms. The van der Waals surface area contributed by atoms with Crippen molar-refractivity contribution >= 4 is 54.7 Å². The van der Waals surface area contributed by atoms with Gasteiger partial charge in [-0.05, 0) is 61.5 Å². The first-order chi connectivity index (χ1) is 55.8. The molecule has 3 fully saturated rings. The number of hydrogen-bond acceptors (Lipinski definition) is 24. The van der Waals surface area contributed by atoms with Gasteiger partial charge in [-0.1, -0.05) is 110 Å². The van der Waals surface area contributed by atoms with Crippen LogP contribution < -0.4 is 14.2 Å². The summed E-state index contributed by atoms with van der Waals surface area (Å²) in [6.45, 7) is 1.12. The Morgan fingerprint density at radius 2 is 0.769 bits per heavy atom. The number of aromatic nitrogens is 24. The van der Waals surface area contributed by atoms with Gasteiger partial charge in [0.2, 0.25) is 17.6 Å². The van der Waals surface area contributed by atoms with Crippen molar-refractivity contribution < 1.29 is 62.1 Å². The fourth-order valence-corrected chi connectivity index (χ4v) is 14.3. The van der Waals surface area contributed by atoms with E-state index in [0.29, 0.717) is 135 Å². The summed E-state index contributed by atoms with van der Waals surface area (Å²) < 4.78 is 166. The second-order valence-electron chi connectivity index (χ2n) is 27.6. The standard InChI is InChI=1S/C26H23F3N8O3S.C26H23F3N8OS.C24H19F3N8O.5CH4/c1-40-25-20(21(16-7-8-16)31-13-32-25)22-30-9-18-10-33-37(24(18)35-22)11-15-3-5-17(6-4-15)23-34-19(26(27,28)29)12-36(23)14-41(2,38)39;1-38-25-20(21(16-7-8-16)31-13-32-25)22-30-9-18-10-33-37(24(18)35-22)11-15-3-5-17(6-4-15)23-34-19(26(27,28)29)12-36(23)14-39-2;1-36-23-18(19(14-6-7-14)30-12-31-23)21-28-8-16-9-32-35(22(16)34-21)11-13-2-4-15(5-3-13)20-29-10-17(33-20)24(25,26)27;;;;;/h3-6,9-10,12-13,16H,7-8,11,14H2,1-2H3;3-6,9-10,12-13,16H,7-8,11,14H2,1-2H3;2-5,8-10,12,14H,6-7,11H2,1H3,(H,29,33);5*1H4. The number of sulfone groups is 1. The summed E-state index contributed by atoms with van der Waals surface area (Å²) in [6, 6.07) is 21.0. The Balaban J connectivity index is 0.000000174. The number of ether oxygens (including phenoxy) is 3. The molecular formula is C81H85F9N24O5S2. The number of halogens is 9. The van der Waals surface area contributed by atoms with Gasteiger partial charge in [0.25, 0.3) is 0 Å². The maximum atomic E-state index is 13.3. The minimum atomic E-state index is -4.71. The first kappa shape index (κ1) is 89.0. The number of imidazole rings is 3. The van der Waals surface area contributed by atoms with E-state index < -0.39 is 51.3 Å². The van der Waals surface area contributed by atoms with Crippen molar-refractivity contribution in [1.29, 1.82) is 0 Å². The molecule has 0 unspecified atom stereocenters.